The molecule has 7 heteroatoms. The molecule has 0 saturated carbocycles. The number of hydrogen-bond donors (Lipinski definition) is 3. The number of anilines is 1. The van der Waals surface area contributed by atoms with Gasteiger partial charge in [-0.05, 0) is 19.1 Å². The van der Waals surface area contributed by atoms with Crippen LogP contribution < -0.4 is 5.32 Å². The van der Waals surface area contributed by atoms with Crippen molar-refractivity contribution in [3.63, 3.8) is 0 Å². The van der Waals surface area contributed by atoms with Gasteiger partial charge >= 0.3 is 6.03 Å². The summed E-state index contributed by atoms with van der Waals surface area (Å²) in [6.45, 7) is 1.88. The number of hydrogen-bond acceptors (Lipinski definition) is 4. The lowest BCUT2D eigenvalue weighted by Gasteiger charge is -2.19. The number of carbonyl (C=O) groups excluding carboxylic acids is 1. The molecule has 20 heavy (non-hydrogen) atoms. The van der Waals surface area contributed by atoms with Gasteiger partial charge in [0, 0.05) is 19.8 Å². The van der Waals surface area contributed by atoms with Crippen molar-refractivity contribution in [2.75, 3.05) is 18.9 Å². The number of aliphatic hydroxyl groups is 1. The zero-order valence-electron chi connectivity index (χ0n) is 11.4. The monoisotopic (exact) mass is 275 g/mol. The van der Waals surface area contributed by atoms with E-state index >= 15 is 0 Å². The molecule has 2 rings (SSSR count). The van der Waals surface area contributed by atoms with Gasteiger partial charge in [-0.1, -0.05) is 6.07 Å². The van der Waals surface area contributed by atoms with Crippen LogP contribution in [0.5, 0.6) is 0 Å². The van der Waals surface area contributed by atoms with E-state index in [1.54, 1.807) is 20.2 Å². The lowest BCUT2D eigenvalue weighted by Crippen LogP contribution is -2.36. The summed E-state index contributed by atoms with van der Waals surface area (Å²) in [7, 11) is 1.61. The van der Waals surface area contributed by atoms with Crippen LogP contribution in [-0.4, -0.2) is 50.9 Å². The number of urea groups is 1. The zero-order chi connectivity index (χ0) is 14.5. The highest BCUT2D eigenvalue weighted by Gasteiger charge is 2.15. The molecule has 3 N–H and O–H groups in total. The van der Waals surface area contributed by atoms with E-state index in [1.165, 1.54) is 11.1 Å². The highest BCUT2D eigenvalue weighted by atomic mass is 16.3. The summed E-state index contributed by atoms with van der Waals surface area (Å²) in [5.41, 5.74) is 1.88. The molecule has 0 aromatic carbocycles. The van der Waals surface area contributed by atoms with E-state index in [0.29, 0.717) is 17.1 Å². The Kier molecular flexibility index (Phi) is 4.31. The van der Waals surface area contributed by atoms with Gasteiger partial charge in [0.25, 0.3) is 0 Å². The van der Waals surface area contributed by atoms with Gasteiger partial charge < -0.3 is 15.3 Å². The van der Waals surface area contributed by atoms with E-state index in [2.05, 4.69) is 20.5 Å². The van der Waals surface area contributed by atoms with E-state index in [4.69, 9.17) is 0 Å². The number of pyridine rings is 1. The molecule has 0 spiro atoms. The molecule has 2 aromatic heterocycles. The normalized spacial score (nSPS) is 11.9. The van der Waals surface area contributed by atoms with Crippen LogP contribution in [0.3, 0.4) is 0 Å². The van der Waals surface area contributed by atoms with Crippen LogP contribution >= 0.6 is 0 Å². The molecule has 0 aliphatic carbocycles. The SMILES string of the molecule is CC(O)CN(C)C(=O)Nc1cn[nH]c1-c1ccccn1. The molecule has 7 nitrogen and oxygen atoms in total. The van der Waals surface area contributed by atoms with Crippen LogP contribution in [0.15, 0.2) is 30.6 Å². The first-order valence-corrected chi connectivity index (χ1v) is 6.23. The summed E-state index contributed by atoms with van der Waals surface area (Å²) in [6, 6.07) is 5.18. The molecular weight excluding hydrogens is 258 g/mol. The standard InChI is InChI=1S/C13H17N5O2/c1-9(19)8-18(2)13(20)16-11-7-15-17-12(11)10-5-3-4-6-14-10/h3-7,9,19H,8H2,1-2H3,(H,15,17)(H,16,20). The molecule has 2 aromatic rings. The van der Waals surface area contributed by atoms with E-state index < -0.39 is 6.10 Å². The fourth-order valence-electron chi connectivity index (χ4n) is 1.78. The Morgan fingerprint density at radius 2 is 2.35 bits per heavy atom. The van der Waals surface area contributed by atoms with Crippen molar-refractivity contribution in [3.8, 4) is 11.4 Å². The second-order valence-corrected chi connectivity index (χ2v) is 4.53. The smallest absolute Gasteiger partial charge is 0.321 e. The van der Waals surface area contributed by atoms with Crippen molar-refractivity contribution in [1.29, 1.82) is 0 Å². The van der Waals surface area contributed by atoms with Crippen LogP contribution in [-0.2, 0) is 0 Å². The molecule has 1 atom stereocenters. The van der Waals surface area contributed by atoms with Crippen molar-refractivity contribution in [3.05, 3.63) is 30.6 Å². The maximum Gasteiger partial charge on any atom is 0.321 e. The van der Waals surface area contributed by atoms with Gasteiger partial charge in [0.1, 0.15) is 5.69 Å². The highest BCUT2D eigenvalue weighted by Crippen LogP contribution is 2.23. The number of aliphatic hydroxyl groups excluding tert-OH is 1. The third-order valence-corrected chi connectivity index (χ3v) is 2.69. The lowest BCUT2D eigenvalue weighted by atomic mass is 10.2. The second-order valence-electron chi connectivity index (χ2n) is 4.53. The molecule has 0 aliphatic heterocycles. The Hall–Kier alpha value is -2.41. The van der Waals surface area contributed by atoms with Gasteiger partial charge in [0.2, 0.25) is 0 Å². The Balaban J connectivity index is 2.12. The van der Waals surface area contributed by atoms with Crippen molar-refractivity contribution >= 4 is 11.7 Å². The Labute approximate surface area is 116 Å². The summed E-state index contributed by atoms with van der Waals surface area (Å²) in [5, 5.41) is 18.8. The summed E-state index contributed by atoms with van der Waals surface area (Å²) in [6.07, 6.45) is 2.62. The number of likely N-dealkylation sites (N-methyl/N-ethyl adjacent to an activating group) is 1. The average Bonchev–Trinajstić information content (AvgIpc) is 2.87. The Bertz CT molecular complexity index is 567. The minimum absolute atomic E-state index is 0.253. The number of aromatic nitrogens is 3. The minimum atomic E-state index is -0.578. The van der Waals surface area contributed by atoms with Crippen molar-refractivity contribution in [1.82, 2.24) is 20.1 Å². The van der Waals surface area contributed by atoms with Gasteiger partial charge in [-0.2, -0.15) is 5.10 Å². The van der Waals surface area contributed by atoms with E-state index in [0.717, 1.165) is 0 Å². The predicted octanol–water partition coefficient (Wildman–Crippen LogP) is 1.32. The summed E-state index contributed by atoms with van der Waals surface area (Å²) in [4.78, 5) is 17.6. The number of carbonyl (C=O) groups is 1. The molecule has 0 aliphatic rings. The van der Waals surface area contributed by atoms with Gasteiger partial charge in [0.15, 0.2) is 0 Å². The third-order valence-electron chi connectivity index (χ3n) is 2.69. The molecule has 2 amide bonds. The highest BCUT2D eigenvalue weighted by molar-refractivity contribution is 5.92. The van der Waals surface area contributed by atoms with Crippen LogP contribution in [0.2, 0.25) is 0 Å². The first-order chi connectivity index (χ1) is 9.58. The third kappa shape index (κ3) is 3.33. The lowest BCUT2D eigenvalue weighted by molar-refractivity contribution is 0.149. The summed E-state index contributed by atoms with van der Waals surface area (Å²) >= 11 is 0. The average molecular weight is 275 g/mol. The van der Waals surface area contributed by atoms with E-state index in [9.17, 15) is 9.90 Å². The first-order valence-electron chi connectivity index (χ1n) is 6.23. The van der Waals surface area contributed by atoms with Gasteiger partial charge in [-0.25, -0.2) is 4.79 Å². The molecule has 2 heterocycles. The fraction of sp³-hybridized carbons (Fsp3) is 0.308. The predicted molar refractivity (Wildman–Crippen MR) is 75.1 cm³/mol. The number of nitrogens with zero attached hydrogens (tertiary/aromatic N) is 3. The Morgan fingerprint density at radius 3 is 3.00 bits per heavy atom. The molecule has 106 valence electrons. The van der Waals surface area contributed by atoms with Crippen molar-refractivity contribution < 1.29 is 9.90 Å². The van der Waals surface area contributed by atoms with E-state index in [-0.39, 0.29) is 12.6 Å². The van der Waals surface area contributed by atoms with Crippen LogP contribution in [0.25, 0.3) is 11.4 Å². The topological polar surface area (TPSA) is 94.1 Å². The van der Waals surface area contributed by atoms with Crippen LogP contribution in [0.1, 0.15) is 6.92 Å². The molecule has 0 radical (unpaired) electrons. The van der Waals surface area contributed by atoms with Crippen molar-refractivity contribution in [2.45, 2.75) is 13.0 Å². The fourth-order valence-corrected chi connectivity index (χ4v) is 1.78. The van der Waals surface area contributed by atoms with Gasteiger partial charge in [0.05, 0.1) is 23.7 Å². The summed E-state index contributed by atoms with van der Waals surface area (Å²) < 4.78 is 0. The number of amides is 2. The number of nitrogens with one attached hydrogen (secondary N) is 2. The molecule has 0 saturated heterocycles. The number of rotatable bonds is 4. The number of H-pyrrole nitrogens is 1. The van der Waals surface area contributed by atoms with Gasteiger partial charge in [-0.3, -0.25) is 10.1 Å². The van der Waals surface area contributed by atoms with Gasteiger partial charge in [-0.15, -0.1) is 0 Å². The second kappa shape index (κ2) is 6.16. The van der Waals surface area contributed by atoms with Crippen molar-refractivity contribution in [2.24, 2.45) is 0 Å². The maximum absolute atomic E-state index is 12.0. The minimum Gasteiger partial charge on any atom is -0.392 e. The number of aromatic amines is 1. The molecule has 0 fully saturated rings. The largest absolute Gasteiger partial charge is 0.392 e. The van der Waals surface area contributed by atoms with Crippen LogP contribution in [0, 0.1) is 0 Å². The molecule has 1 unspecified atom stereocenters. The van der Waals surface area contributed by atoms with Crippen LogP contribution in [0.4, 0.5) is 10.5 Å². The molecular formula is C13H17N5O2. The van der Waals surface area contributed by atoms with E-state index in [1.807, 2.05) is 18.2 Å². The Morgan fingerprint density at radius 1 is 1.55 bits per heavy atom. The first kappa shape index (κ1) is 14.0. The quantitative estimate of drug-likeness (QED) is 0.784. The summed E-state index contributed by atoms with van der Waals surface area (Å²) in [5.74, 6) is 0. The zero-order valence-corrected chi connectivity index (χ0v) is 11.4. The molecule has 0 bridgehead atoms. The maximum atomic E-state index is 12.0.